The van der Waals surface area contributed by atoms with Crippen LogP contribution in [-0.2, 0) is 0 Å². The third kappa shape index (κ3) is 1.94. The molecule has 1 aromatic heterocycles. The lowest BCUT2D eigenvalue weighted by Gasteiger charge is -2.00. The van der Waals surface area contributed by atoms with E-state index in [1.807, 2.05) is 6.92 Å². The normalized spacial score (nSPS) is 10.5. The highest BCUT2D eigenvalue weighted by Gasteiger charge is 2.08. The van der Waals surface area contributed by atoms with Crippen LogP contribution in [-0.4, -0.2) is 17.4 Å². The monoisotopic (exact) mass is 224 g/mol. The van der Waals surface area contributed by atoms with E-state index in [9.17, 15) is 4.79 Å². The fourth-order valence-electron chi connectivity index (χ4n) is 1.30. The van der Waals surface area contributed by atoms with Crippen molar-refractivity contribution in [3.63, 3.8) is 0 Å². The third-order valence-electron chi connectivity index (χ3n) is 1.96. The lowest BCUT2D eigenvalue weighted by Crippen LogP contribution is -2.22. The van der Waals surface area contributed by atoms with Gasteiger partial charge in [-0.25, -0.2) is 0 Å². The first-order valence-electron chi connectivity index (χ1n) is 4.55. The van der Waals surface area contributed by atoms with Gasteiger partial charge in [0.15, 0.2) is 5.58 Å². The molecule has 0 aliphatic carbocycles. The summed E-state index contributed by atoms with van der Waals surface area (Å²) in [5, 5.41) is 2.78. The predicted molar refractivity (Wildman–Crippen MR) is 57.0 cm³/mol. The molecule has 2 rings (SSSR count). The van der Waals surface area contributed by atoms with Gasteiger partial charge in [-0.05, 0) is 36.7 Å². The number of aromatic nitrogens is 1. The Bertz CT molecular complexity index is 507. The van der Waals surface area contributed by atoms with Crippen LogP contribution >= 0.6 is 11.6 Å². The van der Waals surface area contributed by atoms with Gasteiger partial charge in [-0.2, -0.15) is 4.98 Å². The molecule has 0 spiro atoms. The molecule has 0 aliphatic heterocycles. The van der Waals surface area contributed by atoms with Gasteiger partial charge in [0.2, 0.25) is 0 Å². The van der Waals surface area contributed by atoms with Gasteiger partial charge >= 0.3 is 0 Å². The highest BCUT2D eigenvalue weighted by molar-refractivity contribution is 6.28. The summed E-state index contributed by atoms with van der Waals surface area (Å²) < 4.78 is 5.11. The zero-order chi connectivity index (χ0) is 10.8. The first kappa shape index (κ1) is 9.98. The topological polar surface area (TPSA) is 55.1 Å². The number of oxazole rings is 1. The molecule has 0 saturated carbocycles. The van der Waals surface area contributed by atoms with Crippen LogP contribution in [0.2, 0.25) is 5.35 Å². The Labute approximate surface area is 91.2 Å². The number of benzene rings is 1. The van der Waals surface area contributed by atoms with Crippen molar-refractivity contribution in [3.8, 4) is 0 Å². The molecule has 0 unspecified atom stereocenters. The van der Waals surface area contributed by atoms with Crippen molar-refractivity contribution in [1.82, 2.24) is 10.3 Å². The number of nitrogens with one attached hydrogen (secondary N) is 1. The second kappa shape index (κ2) is 3.90. The summed E-state index contributed by atoms with van der Waals surface area (Å²) in [5.41, 5.74) is 1.70. The van der Waals surface area contributed by atoms with Crippen molar-refractivity contribution < 1.29 is 9.21 Å². The smallest absolute Gasteiger partial charge is 0.293 e. The largest absolute Gasteiger partial charge is 0.428 e. The van der Waals surface area contributed by atoms with Crippen LogP contribution in [0.15, 0.2) is 22.6 Å². The lowest BCUT2D eigenvalue weighted by molar-refractivity contribution is 0.0956. The summed E-state index contributed by atoms with van der Waals surface area (Å²) >= 11 is 5.60. The number of hydrogen-bond donors (Lipinski definition) is 1. The summed E-state index contributed by atoms with van der Waals surface area (Å²) in [7, 11) is 0. The summed E-state index contributed by atoms with van der Waals surface area (Å²) in [5.74, 6) is -0.132. The molecule has 1 heterocycles. The molecule has 2 aromatic rings. The molecule has 4 nitrogen and oxygen atoms in total. The molecule has 1 amide bonds. The van der Waals surface area contributed by atoms with Crippen molar-refractivity contribution in [2.45, 2.75) is 6.92 Å². The van der Waals surface area contributed by atoms with E-state index < -0.39 is 0 Å². The van der Waals surface area contributed by atoms with Gasteiger partial charge in [-0.1, -0.05) is 0 Å². The van der Waals surface area contributed by atoms with Crippen LogP contribution in [0, 0.1) is 0 Å². The number of halogens is 1. The summed E-state index contributed by atoms with van der Waals surface area (Å²) in [6, 6.07) is 5.01. The van der Waals surface area contributed by atoms with E-state index >= 15 is 0 Å². The second-order valence-electron chi connectivity index (χ2n) is 3.01. The van der Waals surface area contributed by atoms with Gasteiger partial charge in [0.05, 0.1) is 0 Å². The summed E-state index contributed by atoms with van der Waals surface area (Å²) in [6.45, 7) is 2.45. The molecule has 0 aliphatic rings. The maximum absolute atomic E-state index is 11.5. The molecular weight excluding hydrogens is 216 g/mol. The summed E-state index contributed by atoms with van der Waals surface area (Å²) in [6.07, 6.45) is 0. The Morgan fingerprint density at radius 1 is 1.60 bits per heavy atom. The highest BCUT2D eigenvalue weighted by atomic mass is 35.5. The standard InChI is InChI=1S/C10H9ClN2O2/c1-2-12-9(14)6-3-4-7-8(5-6)15-10(11)13-7/h3-5H,2H2,1H3,(H,12,14). The van der Waals surface area contributed by atoms with Gasteiger partial charge in [0.25, 0.3) is 11.3 Å². The van der Waals surface area contributed by atoms with Crippen LogP contribution in [0.4, 0.5) is 0 Å². The third-order valence-corrected chi connectivity index (χ3v) is 2.12. The van der Waals surface area contributed by atoms with Crippen molar-refractivity contribution in [1.29, 1.82) is 0 Å². The van der Waals surface area contributed by atoms with Gasteiger partial charge < -0.3 is 9.73 Å². The van der Waals surface area contributed by atoms with Crippen molar-refractivity contribution in [3.05, 3.63) is 29.1 Å². The van der Waals surface area contributed by atoms with E-state index in [1.165, 1.54) is 0 Å². The van der Waals surface area contributed by atoms with Gasteiger partial charge in [0, 0.05) is 12.1 Å². The van der Waals surface area contributed by atoms with Crippen LogP contribution in [0.1, 0.15) is 17.3 Å². The second-order valence-corrected chi connectivity index (χ2v) is 3.33. The number of fused-ring (bicyclic) bond motifs is 1. The molecule has 0 bridgehead atoms. The number of nitrogens with zero attached hydrogens (tertiary/aromatic N) is 1. The minimum Gasteiger partial charge on any atom is -0.428 e. The molecule has 5 heteroatoms. The SMILES string of the molecule is CCNC(=O)c1ccc2nc(Cl)oc2c1. The molecule has 0 radical (unpaired) electrons. The quantitative estimate of drug-likeness (QED) is 0.851. The van der Waals surface area contributed by atoms with E-state index in [0.29, 0.717) is 23.2 Å². The molecule has 15 heavy (non-hydrogen) atoms. The average Bonchev–Trinajstić information content (AvgIpc) is 2.57. The van der Waals surface area contributed by atoms with Crippen LogP contribution in [0.3, 0.4) is 0 Å². The van der Waals surface area contributed by atoms with E-state index in [0.717, 1.165) is 0 Å². The first-order chi connectivity index (χ1) is 7.20. The van der Waals surface area contributed by atoms with Crippen molar-refractivity contribution >= 4 is 28.6 Å². The minimum atomic E-state index is -0.132. The van der Waals surface area contributed by atoms with Crippen LogP contribution < -0.4 is 5.32 Å². The van der Waals surface area contributed by atoms with Crippen LogP contribution in [0.25, 0.3) is 11.1 Å². The molecule has 0 fully saturated rings. The van der Waals surface area contributed by atoms with Crippen LogP contribution in [0.5, 0.6) is 0 Å². The Hall–Kier alpha value is -1.55. The number of hydrogen-bond acceptors (Lipinski definition) is 3. The number of carbonyl (C=O) groups excluding carboxylic acids is 1. The Morgan fingerprint density at radius 3 is 3.13 bits per heavy atom. The first-order valence-corrected chi connectivity index (χ1v) is 4.93. The van der Waals surface area contributed by atoms with E-state index in [4.69, 9.17) is 16.0 Å². The molecular formula is C10H9ClN2O2. The van der Waals surface area contributed by atoms with E-state index in [1.54, 1.807) is 18.2 Å². The van der Waals surface area contributed by atoms with Gasteiger partial charge in [-0.15, -0.1) is 0 Å². The average molecular weight is 225 g/mol. The lowest BCUT2D eigenvalue weighted by atomic mass is 10.2. The number of carbonyl (C=O) groups is 1. The number of amides is 1. The minimum absolute atomic E-state index is 0.0815. The zero-order valence-electron chi connectivity index (χ0n) is 8.08. The molecule has 1 aromatic carbocycles. The Morgan fingerprint density at radius 2 is 2.40 bits per heavy atom. The maximum Gasteiger partial charge on any atom is 0.293 e. The fraction of sp³-hybridized carbons (Fsp3) is 0.200. The maximum atomic E-state index is 11.5. The molecule has 0 saturated heterocycles. The highest BCUT2D eigenvalue weighted by Crippen LogP contribution is 2.19. The Balaban J connectivity index is 2.41. The fourth-order valence-corrected chi connectivity index (χ4v) is 1.47. The number of rotatable bonds is 2. The van der Waals surface area contributed by atoms with E-state index in [2.05, 4.69) is 10.3 Å². The molecule has 78 valence electrons. The van der Waals surface area contributed by atoms with Crippen molar-refractivity contribution in [2.75, 3.05) is 6.54 Å². The summed E-state index contributed by atoms with van der Waals surface area (Å²) in [4.78, 5) is 15.4. The molecule has 0 atom stereocenters. The predicted octanol–water partition coefficient (Wildman–Crippen LogP) is 2.23. The van der Waals surface area contributed by atoms with Crippen molar-refractivity contribution in [2.24, 2.45) is 0 Å². The zero-order valence-corrected chi connectivity index (χ0v) is 8.84. The van der Waals surface area contributed by atoms with Gasteiger partial charge in [-0.3, -0.25) is 4.79 Å². The Kier molecular flexibility index (Phi) is 2.60. The van der Waals surface area contributed by atoms with E-state index in [-0.39, 0.29) is 11.3 Å². The van der Waals surface area contributed by atoms with Gasteiger partial charge in [0.1, 0.15) is 5.52 Å². The molecule has 1 N–H and O–H groups in total.